The zero-order valence-electron chi connectivity index (χ0n) is 11.4. The van der Waals surface area contributed by atoms with Crippen molar-refractivity contribution in [1.82, 2.24) is 0 Å². The van der Waals surface area contributed by atoms with Crippen molar-refractivity contribution in [3.63, 3.8) is 0 Å². The first-order valence-electron chi connectivity index (χ1n) is 6.01. The molecule has 0 fully saturated rings. The molecule has 0 saturated heterocycles. The van der Waals surface area contributed by atoms with Gasteiger partial charge in [-0.1, -0.05) is 11.6 Å². The molecule has 1 aromatic carbocycles. The van der Waals surface area contributed by atoms with Crippen LogP contribution in [0.5, 0.6) is 0 Å². The van der Waals surface area contributed by atoms with Crippen LogP contribution in [0.3, 0.4) is 0 Å². The Morgan fingerprint density at radius 3 is 1.87 bits per heavy atom. The lowest BCUT2D eigenvalue weighted by atomic mass is 10.2. The number of rotatable bonds is 6. The Kier molecular flexibility index (Phi) is 6.50. The summed E-state index contributed by atoms with van der Waals surface area (Å²) in [6.07, 6.45) is 3.01. The number of anilines is 2. The molecule has 0 unspecified atom stereocenters. The summed E-state index contributed by atoms with van der Waals surface area (Å²) < 4.78 is 0. The molecule has 0 aromatic heterocycles. The average molecular weight is 339 g/mol. The second-order valence-corrected chi connectivity index (χ2v) is 4.42. The molecule has 0 aliphatic rings. The zero-order valence-corrected chi connectivity index (χ0v) is 12.2. The standard InChI is InChI=1S/C14H11ClN2O6/c15-9-7-8(16-11(18)3-5-13(20)21)1-2-10(9)17-12(19)4-6-14(22)23/h1-7H,(H,16,18)(H,17,19)(H,20,21)(H,22,23)/b5-3-,6-4+. The molecule has 8 nitrogen and oxygen atoms in total. The van der Waals surface area contributed by atoms with Crippen LogP contribution in [-0.4, -0.2) is 34.0 Å². The van der Waals surface area contributed by atoms with E-state index in [1.165, 1.54) is 18.2 Å². The topological polar surface area (TPSA) is 133 Å². The predicted molar refractivity (Wildman–Crippen MR) is 82.3 cm³/mol. The van der Waals surface area contributed by atoms with Gasteiger partial charge in [0.25, 0.3) is 0 Å². The van der Waals surface area contributed by atoms with Crippen molar-refractivity contribution in [2.45, 2.75) is 0 Å². The molecule has 2 amide bonds. The van der Waals surface area contributed by atoms with Gasteiger partial charge in [0.2, 0.25) is 11.8 Å². The summed E-state index contributed by atoms with van der Waals surface area (Å²) in [4.78, 5) is 43.4. The van der Waals surface area contributed by atoms with Crippen molar-refractivity contribution in [3.05, 3.63) is 47.5 Å². The van der Waals surface area contributed by atoms with E-state index in [9.17, 15) is 19.2 Å². The van der Waals surface area contributed by atoms with Crippen LogP contribution < -0.4 is 10.6 Å². The summed E-state index contributed by atoms with van der Waals surface area (Å²) >= 11 is 5.93. The predicted octanol–water partition coefficient (Wildman–Crippen LogP) is 1.50. The van der Waals surface area contributed by atoms with Crippen molar-refractivity contribution in [1.29, 1.82) is 0 Å². The molecule has 0 spiro atoms. The van der Waals surface area contributed by atoms with Gasteiger partial charge in [0.05, 0.1) is 10.7 Å². The van der Waals surface area contributed by atoms with Gasteiger partial charge in [0.15, 0.2) is 0 Å². The van der Waals surface area contributed by atoms with Crippen molar-refractivity contribution < 1.29 is 29.4 Å². The quantitative estimate of drug-likeness (QED) is 0.581. The number of carboxylic acid groups (broad SMARTS) is 2. The highest BCUT2D eigenvalue weighted by Gasteiger charge is 2.06. The first kappa shape index (κ1) is 17.9. The van der Waals surface area contributed by atoms with Crippen LogP contribution in [0.2, 0.25) is 5.02 Å². The molecular formula is C14H11ClN2O6. The van der Waals surface area contributed by atoms with E-state index in [0.29, 0.717) is 12.2 Å². The highest BCUT2D eigenvalue weighted by Crippen LogP contribution is 2.25. The lowest BCUT2D eigenvalue weighted by molar-refractivity contribution is -0.132. The minimum Gasteiger partial charge on any atom is -0.478 e. The summed E-state index contributed by atoms with van der Waals surface area (Å²) in [6.45, 7) is 0. The average Bonchev–Trinajstić information content (AvgIpc) is 2.46. The van der Waals surface area contributed by atoms with Crippen LogP contribution in [0.1, 0.15) is 0 Å². The summed E-state index contributed by atoms with van der Waals surface area (Å²) in [5.74, 6) is -3.87. The fraction of sp³-hybridized carbons (Fsp3) is 0. The minimum atomic E-state index is -1.27. The summed E-state index contributed by atoms with van der Waals surface area (Å²) in [7, 11) is 0. The maximum atomic E-state index is 11.4. The van der Waals surface area contributed by atoms with Gasteiger partial charge in [-0.25, -0.2) is 9.59 Å². The molecule has 23 heavy (non-hydrogen) atoms. The molecule has 0 aliphatic carbocycles. The molecular weight excluding hydrogens is 328 g/mol. The second kappa shape index (κ2) is 8.35. The van der Waals surface area contributed by atoms with E-state index in [-0.39, 0.29) is 16.4 Å². The highest BCUT2D eigenvalue weighted by molar-refractivity contribution is 6.34. The molecule has 0 bridgehead atoms. The molecule has 1 aromatic rings. The van der Waals surface area contributed by atoms with E-state index >= 15 is 0 Å². The number of hydrogen-bond acceptors (Lipinski definition) is 4. The Hall–Kier alpha value is -3.13. The number of halogens is 1. The van der Waals surface area contributed by atoms with Crippen molar-refractivity contribution in [2.75, 3.05) is 10.6 Å². The van der Waals surface area contributed by atoms with Crippen molar-refractivity contribution in [3.8, 4) is 0 Å². The number of benzene rings is 1. The van der Waals surface area contributed by atoms with E-state index in [1.807, 2.05) is 0 Å². The molecule has 0 radical (unpaired) electrons. The van der Waals surface area contributed by atoms with Gasteiger partial charge in [-0.05, 0) is 18.2 Å². The molecule has 9 heteroatoms. The smallest absolute Gasteiger partial charge is 0.328 e. The fourth-order valence-electron chi connectivity index (χ4n) is 1.35. The van der Waals surface area contributed by atoms with Crippen molar-refractivity contribution >= 4 is 46.7 Å². The van der Waals surface area contributed by atoms with Gasteiger partial charge in [-0.15, -0.1) is 0 Å². The number of carboxylic acids is 2. The van der Waals surface area contributed by atoms with Crippen LogP contribution in [0, 0.1) is 0 Å². The lowest BCUT2D eigenvalue weighted by Crippen LogP contribution is -2.11. The maximum absolute atomic E-state index is 11.4. The molecule has 0 aliphatic heterocycles. The number of amides is 2. The third kappa shape index (κ3) is 6.91. The Balaban J connectivity index is 2.74. The number of carbonyl (C=O) groups is 4. The summed E-state index contributed by atoms with van der Waals surface area (Å²) in [6, 6.07) is 4.16. The van der Waals surface area contributed by atoms with Crippen molar-refractivity contribution in [2.24, 2.45) is 0 Å². The maximum Gasteiger partial charge on any atom is 0.328 e. The Morgan fingerprint density at radius 2 is 1.39 bits per heavy atom. The van der Waals surface area contributed by atoms with Gasteiger partial charge >= 0.3 is 11.9 Å². The number of carbonyl (C=O) groups excluding carboxylic acids is 2. The molecule has 0 saturated carbocycles. The summed E-state index contributed by atoms with van der Waals surface area (Å²) in [5.41, 5.74) is 0.500. The van der Waals surface area contributed by atoms with E-state index in [0.717, 1.165) is 12.2 Å². The van der Waals surface area contributed by atoms with Crippen LogP contribution in [0.15, 0.2) is 42.5 Å². The minimum absolute atomic E-state index is 0.0992. The van der Waals surface area contributed by atoms with Gasteiger partial charge < -0.3 is 20.8 Å². The van der Waals surface area contributed by atoms with Gasteiger partial charge in [0.1, 0.15) is 0 Å². The molecule has 0 atom stereocenters. The Bertz CT molecular complexity index is 711. The Morgan fingerprint density at radius 1 is 0.870 bits per heavy atom. The zero-order chi connectivity index (χ0) is 17.4. The second-order valence-electron chi connectivity index (χ2n) is 4.02. The third-order valence-corrected chi connectivity index (χ3v) is 2.56. The van der Waals surface area contributed by atoms with Gasteiger partial charge in [0, 0.05) is 30.0 Å². The lowest BCUT2D eigenvalue weighted by Gasteiger charge is -2.08. The monoisotopic (exact) mass is 338 g/mol. The molecule has 0 heterocycles. The third-order valence-electron chi connectivity index (χ3n) is 2.25. The fourth-order valence-corrected chi connectivity index (χ4v) is 1.57. The first-order valence-corrected chi connectivity index (χ1v) is 6.39. The first-order chi connectivity index (χ1) is 10.8. The summed E-state index contributed by atoms with van der Waals surface area (Å²) in [5, 5.41) is 21.6. The van der Waals surface area contributed by atoms with Gasteiger partial charge in [-0.3, -0.25) is 9.59 Å². The largest absolute Gasteiger partial charge is 0.478 e. The Labute approximate surface area is 135 Å². The number of nitrogens with one attached hydrogen (secondary N) is 2. The molecule has 4 N–H and O–H groups in total. The molecule has 120 valence electrons. The van der Waals surface area contributed by atoms with Crippen LogP contribution in [-0.2, 0) is 19.2 Å². The number of aliphatic carboxylic acids is 2. The normalized spacial score (nSPS) is 10.7. The van der Waals surface area contributed by atoms with E-state index < -0.39 is 23.8 Å². The van der Waals surface area contributed by atoms with E-state index in [2.05, 4.69) is 10.6 Å². The van der Waals surface area contributed by atoms with E-state index in [1.54, 1.807) is 0 Å². The van der Waals surface area contributed by atoms with Gasteiger partial charge in [-0.2, -0.15) is 0 Å². The SMILES string of the molecule is O=C(O)/C=C\C(=O)Nc1ccc(NC(=O)/C=C/C(=O)O)c(Cl)c1. The highest BCUT2D eigenvalue weighted by atomic mass is 35.5. The van der Waals surface area contributed by atoms with E-state index in [4.69, 9.17) is 21.8 Å². The van der Waals surface area contributed by atoms with Crippen LogP contribution >= 0.6 is 11.6 Å². The van der Waals surface area contributed by atoms with Crippen LogP contribution in [0.25, 0.3) is 0 Å². The number of hydrogen-bond donors (Lipinski definition) is 4. The molecule has 1 rings (SSSR count). The van der Waals surface area contributed by atoms with Crippen LogP contribution in [0.4, 0.5) is 11.4 Å².